The predicted molar refractivity (Wildman–Crippen MR) is 89.2 cm³/mol. The molecule has 2 rings (SSSR count). The Hall–Kier alpha value is -2.49. The SMILES string of the molecule is Cc1ccc(C(=O)N/N=C/c2ccc(C(C)(C)C)cc2)cn1. The fraction of sp³-hybridized carbons (Fsp3) is 0.278. The molecule has 0 radical (unpaired) electrons. The van der Waals surface area contributed by atoms with Crippen LogP contribution in [0.25, 0.3) is 0 Å². The average molecular weight is 295 g/mol. The third kappa shape index (κ3) is 4.25. The molecule has 22 heavy (non-hydrogen) atoms. The van der Waals surface area contributed by atoms with Crippen LogP contribution in [0.15, 0.2) is 47.7 Å². The van der Waals surface area contributed by atoms with Crippen LogP contribution in [0.3, 0.4) is 0 Å². The minimum absolute atomic E-state index is 0.127. The topological polar surface area (TPSA) is 54.4 Å². The molecule has 114 valence electrons. The molecule has 0 spiro atoms. The zero-order chi connectivity index (χ0) is 16.2. The molecule has 0 saturated heterocycles. The highest BCUT2D eigenvalue weighted by Crippen LogP contribution is 2.21. The Labute approximate surface area is 131 Å². The summed E-state index contributed by atoms with van der Waals surface area (Å²) in [7, 11) is 0. The summed E-state index contributed by atoms with van der Waals surface area (Å²) in [5.74, 6) is -0.268. The predicted octanol–water partition coefficient (Wildman–Crippen LogP) is 3.45. The van der Waals surface area contributed by atoms with Crippen molar-refractivity contribution in [2.75, 3.05) is 0 Å². The van der Waals surface area contributed by atoms with Crippen LogP contribution in [0.4, 0.5) is 0 Å². The first-order chi connectivity index (χ1) is 10.4. The maximum atomic E-state index is 11.9. The number of hydrogen-bond donors (Lipinski definition) is 1. The second-order valence-electron chi connectivity index (χ2n) is 6.26. The zero-order valence-electron chi connectivity index (χ0n) is 13.4. The fourth-order valence-electron chi connectivity index (χ4n) is 1.90. The summed E-state index contributed by atoms with van der Waals surface area (Å²) in [6.07, 6.45) is 3.17. The molecule has 0 aliphatic rings. The monoisotopic (exact) mass is 295 g/mol. The van der Waals surface area contributed by atoms with E-state index in [1.807, 2.05) is 19.1 Å². The van der Waals surface area contributed by atoms with Crippen LogP contribution in [0.5, 0.6) is 0 Å². The van der Waals surface area contributed by atoms with E-state index >= 15 is 0 Å². The summed E-state index contributed by atoms with van der Waals surface area (Å²) in [6.45, 7) is 8.39. The number of benzene rings is 1. The van der Waals surface area contributed by atoms with E-state index in [2.05, 4.69) is 48.4 Å². The number of hydrogen-bond acceptors (Lipinski definition) is 3. The van der Waals surface area contributed by atoms with Crippen molar-refractivity contribution in [1.82, 2.24) is 10.4 Å². The van der Waals surface area contributed by atoms with Crippen molar-refractivity contribution in [3.63, 3.8) is 0 Å². The smallest absolute Gasteiger partial charge is 0.267 e. The number of aryl methyl sites for hydroxylation is 1. The molecule has 4 nitrogen and oxygen atoms in total. The Morgan fingerprint density at radius 3 is 2.36 bits per heavy atom. The van der Waals surface area contributed by atoms with Crippen molar-refractivity contribution in [1.29, 1.82) is 0 Å². The van der Waals surface area contributed by atoms with Gasteiger partial charge in [0.05, 0.1) is 11.8 Å². The molecule has 1 aromatic heterocycles. The second kappa shape index (κ2) is 6.52. The molecule has 1 amide bonds. The molecule has 0 saturated carbocycles. The van der Waals surface area contributed by atoms with Gasteiger partial charge in [0.2, 0.25) is 0 Å². The van der Waals surface area contributed by atoms with Crippen molar-refractivity contribution in [3.05, 3.63) is 65.0 Å². The molecule has 0 atom stereocenters. The molecule has 1 N–H and O–H groups in total. The molecule has 1 heterocycles. The van der Waals surface area contributed by atoms with Gasteiger partial charge in [-0.25, -0.2) is 5.43 Å². The van der Waals surface area contributed by atoms with Gasteiger partial charge in [-0.05, 0) is 35.6 Å². The maximum Gasteiger partial charge on any atom is 0.272 e. The van der Waals surface area contributed by atoms with Crippen molar-refractivity contribution in [3.8, 4) is 0 Å². The molecule has 0 aliphatic heterocycles. The number of carbonyl (C=O) groups excluding carboxylic acids is 1. The number of pyridine rings is 1. The van der Waals surface area contributed by atoms with Crippen LogP contribution >= 0.6 is 0 Å². The van der Waals surface area contributed by atoms with E-state index in [1.54, 1.807) is 18.3 Å². The third-order valence-corrected chi connectivity index (χ3v) is 3.33. The van der Waals surface area contributed by atoms with Crippen LogP contribution in [-0.4, -0.2) is 17.1 Å². The molecule has 1 aromatic carbocycles. The van der Waals surface area contributed by atoms with E-state index in [0.29, 0.717) is 5.56 Å². The van der Waals surface area contributed by atoms with Crippen molar-refractivity contribution >= 4 is 12.1 Å². The van der Waals surface area contributed by atoms with Gasteiger partial charge in [0.25, 0.3) is 5.91 Å². The first kappa shape index (κ1) is 15.9. The zero-order valence-corrected chi connectivity index (χ0v) is 13.4. The third-order valence-electron chi connectivity index (χ3n) is 3.33. The van der Waals surface area contributed by atoms with Gasteiger partial charge in [0, 0.05) is 11.9 Å². The Morgan fingerprint density at radius 2 is 1.82 bits per heavy atom. The number of rotatable bonds is 3. The van der Waals surface area contributed by atoms with Gasteiger partial charge in [-0.2, -0.15) is 5.10 Å². The molecule has 0 fully saturated rings. The van der Waals surface area contributed by atoms with E-state index in [4.69, 9.17) is 0 Å². The molecule has 2 aromatic rings. The highest BCUT2D eigenvalue weighted by molar-refractivity contribution is 5.94. The molecular weight excluding hydrogens is 274 g/mol. The lowest BCUT2D eigenvalue weighted by Gasteiger charge is -2.18. The summed E-state index contributed by atoms with van der Waals surface area (Å²) < 4.78 is 0. The summed E-state index contributed by atoms with van der Waals surface area (Å²) >= 11 is 0. The molecule has 0 aliphatic carbocycles. The van der Waals surface area contributed by atoms with Crippen LogP contribution in [0.1, 0.15) is 48.0 Å². The van der Waals surface area contributed by atoms with E-state index in [0.717, 1.165) is 11.3 Å². The number of aromatic nitrogens is 1. The average Bonchev–Trinajstić information content (AvgIpc) is 2.47. The first-order valence-electron chi connectivity index (χ1n) is 7.23. The van der Waals surface area contributed by atoms with Crippen molar-refractivity contribution in [2.45, 2.75) is 33.1 Å². The van der Waals surface area contributed by atoms with E-state index in [-0.39, 0.29) is 11.3 Å². The molecular formula is C18H21N3O. The van der Waals surface area contributed by atoms with Gasteiger partial charge < -0.3 is 0 Å². The summed E-state index contributed by atoms with van der Waals surface area (Å²) in [5.41, 5.74) is 6.20. The van der Waals surface area contributed by atoms with E-state index < -0.39 is 0 Å². The van der Waals surface area contributed by atoms with Crippen molar-refractivity contribution < 1.29 is 4.79 Å². The Bertz CT molecular complexity index is 665. The quantitative estimate of drug-likeness (QED) is 0.696. The minimum atomic E-state index is -0.268. The van der Waals surface area contributed by atoms with E-state index in [9.17, 15) is 4.79 Å². The first-order valence-corrected chi connectivity index (χ1v) is 7.23. The van der Waals surface area contributed by atoms with Crippen molar-refractivity contribution in [2.24, 2.45) is 5.10 Å². The van der Waals surface area contributed by atoms with Gasteiger partial charge in [-0.15, -0.1) is 0 Å². The minimum Gasteiger partial charge on any atom is -0.267 e. The van der Waals surface area contributed by atoms with E-state index in [1.165, 1.54) is 11.8 Å². The maximum absolute atomic E-state index is 11.9. The van der Waals surface area contributed by atoms with Gasteiger partial charge in [-0.1, -0.05) is 45.0 Å². The highest BCUT2D eigenvalue weighted by atomic mass is 16.2. The Kier molecular flexibility index (Phi) is 4.71. The van der Waals surface area contributed by atoms with Crippen LogP contribution in [0, 0.1) is 6.92 Å². The number of hydrazone groups is 1. The Balaban J connectivity index is 1.97. The lowest BCUT2D eigenvalue weighted by molar-refractivity contribution is 0.0955. The Morgan fingerprint density at radius 1 is 1.14 bits per heavy atom. The fourth-order valence-corrected chi connectivity index (χ4v) is 1.90. The summed E-state index contributed by atoms with van der Waals surface area (Å²) in [4.78, 5) is 16.0. The second-order valence-corrected chi connectivity index (χ2v) is 6.26. The molecule has 0 bridgehead atoms. The lowest BCUT2D eigenvalue weighted by atomic mass is 9.87. The number of nitrogens with one attached hydrogen (secondary N) is 1. The van der Waals surface area contributed by atoms with Crippen LogP contribution < -0.4 is 5.43 Å². The summed E-state index contributed by atoms with van der Waals surface area (Å²) in [6, 6.07) is 11.7. The van der Waals surface area contributed by atoms with Gasteiger partial charge in [0.15, 0.2) is 0 Å². The molecule has 0 unspecified atom stereocenters. The van der Waals surface area contributed by atoms with Gasteiger partial charge >= 0.3 is 0 Å². The standard InChI is InChI=1S/C18H21N3O/c1-13-5-8-15(12-19-13)17(22)21-20-11-14-6-9-16(10-7-14)18(2,3)4/h5-12H,1-4H3,(H,21,22)/b20-11+. The van der Waals surface area contributed by atoms with Gasteiger partial charge in [-0.3, -0.25) is 9.78 Å². The van der Waals surface area contributed by atoms with Crippen LogP contribution in [-0.2, 0) is 5.41 Å². The molecule has 4 heteroatoms. The summed E-state index contributed by atoms with van der Waals surface area (Å²) in [5, 5.41) is 3.98. The largest absolute Gasteiger partial charge is 0.272 e. The number of amides is 1. The highest BCUT2D eigenvalue weighted by Gasteiger charge is 2.12. The normalized spacial score (nSPS) is 11.6. The number of carbonyl (C=O) groups is 1. The van der Waals surface area contributed by atoms with Crippen LogP contribution in [0.2, 0.25) is 0 Å². The van der Waals surface area contributed by atoms with Gasteiger partial charge in [0.1, 0.15) is 0 Å². The number of nitrogens with zero attached hydrogens (tertiary/aromatic N) is 2. The lowest BCUT2D eigenvalue weighted by Crippen LogP contribution is -2.17.